The maximum absolute atomic E-state index is 11.1. The lowest BCUT2D eigenvalue weighted by atomic mass is 9.96. The van der Waals surface area contributed by atoms with Gasteiger partial charge in [-0.25, -0.2) is 4.79 Å². The maximum atomic E-state index is 11.1. The second kappa shape index (κ2) is 4.94. The highest BCUT2D eigenvalue weighted by Crippen LogP contribution is 2.48. The minimum absolute atomic E-state index is 0.178. The number of ether oxygens (including phenoxy) is 3. The Hall–Kier alpha value is -2.69. The van der Waals surface area contributed by atoms with Crippen molar-refractivity contribution in [1.29, 1.82) is 0 Å². The molecule has 2 aliphatic heterocycles. The molecular formula is C17H14O5. The molecule has 0 amide bonds. The van der Waals surface area contributed by atoms with Gasteiger partial charge in [0.25, 0.3) is 0 Å². The first-order valence-corrected chi connectivity index (χ1v) is 7.14. The van der Waals surface area contributed by atoms with E-state index in [4.69, 9.17) is 19.3 Å². The molecule has 5 nitrogen and oxygen atoms in total. The van der Waals surface area contributed by atoms with Crippen molar-refractivity contribution in [3.8, 4) is 17.2 Å². The van der Waals surface area contributed by atoms with Crippen molar-refractivity contribution < 1.29 is 24.1 Å². The summed E-state index contributed by atoms with van der Waals surface area (Å²) in [6, 6.07) is 10.8. The molecule has 4 rings (SSSR count). The minimum Gasteiger partial charge on any atom is -0.481 e. The van der Waals surface area contributed by atoms with Crippen LogP contribution in [0.4, 0.5) is 0 Å². The first-order chi connectivity index (χ1) is 10.7. The van der Waals surface area contributed by atoms with Crippen LogP contribution in [0.3, 0.4) is 0 Å². The summed E-state index contributed by atoms with van der Waals surface area (Å²) >= 11 is 0. The van der Waals surface area contributed by atoms with E-state index in [-0.39, 0.29) is 18.5 Å². The molecule has 0 spiro atoms. The predicted molar refractivity (Wildman–Crippen MR) is 77.7 cm³/mol. The standard InChI is InChI=1S/C17H14O5/c18-17(19)12-3-1-2-11(8-12)13-6-4-10-5-7-14-16(15(10)22-13)21-9-20-14/h1-3,5,7-8,13H,4,6,9H2,(H,18,19). The van der Waals surface area contributed by atoms with Gasteiger partial charge in [0.05, 0.1) is 5.56 Å². The molecule has 0 aromatic heterocycles. The third kappa shape index (κ3) is 2.06. The van der Waals surface area contributed by atoms with Crippen LogP contribution in [-0.4, -0.2) is 17.9 Å². The zero-order chi connectivity index (χ0) is 15.1. The highest BCUT2D eigenvalue weighted by molar-refractivity contribution is 5.87. The largest absolute Gasteiger partial charge is 0.481 e. The fraction of sp³-hybridized carbons (Fsp3) is 0.235. The van der Waals surface area contributed by atoms with Gasteiger partial charge in [0.15, 0.2) is 11.5 Å². The van der Waals surface area contributed by atoms with Crippen LogP contribution in [0.25, 0.3) is 0 Å². The van der Waals surface area contributed by atoms with Gasteiger partial charge < -0.3 is 19.3 Å². The molecule has 0 bridgehead atoms. The van der Waals surface area contributed by atoms with Gasteiger partial charge in [0.1, 0.15) is 6.10 Å². The number of aromatic carboxylic acids is 1. The molecule has 0 saturated heterocycles. The summed E-state index contributed by atoms with van der Waals surface area (Å²) in [6.07, 6.45) is 1.48. The van der Waals surface area contributed by atoms with Crippen LogP contribution in [0.2, 0.25) is 0 Å². The van der Waals surface area contributed by atoms with E-state index in [0.717, 1.165) is 24.0 Å². The second-order valence-electron chi connectivity index (χ2n) is 5.36. The molecule has 2 aromatic rings. The van der Waals surface area contributed by atoms with E-state index in [1.165, 1.54) is 0 Å². The van der Waals surface area contributed by atoms with Gasteiger partial charge in [0, 0.05) is 0 Å². The number of carboxylic acids is 1. The van der Waals surface area contributed by atoms with Gasteiger partial charge in [-0.05, 0) is 42.2 Å². The lowest BCUT2D eigenvalue weighted by Gasteiger charge is -2.27. The van der Waals surface area contributed by atoms with Crippen molar-refractivity contribution in [2.75, 3.05) is 6.79 Å². The topological polar surface area (TPSA) is 65.0 Å². The van der Waals surface area contributed by atoms with Crippen molar-refractivity contribution >= 4 is 5.97 Å². The van der Waals surface area contributed by atoms with E-state index >= 15 is 0 Å². The van der Waals surface area contributed by atoms with Crippen molar-refractivity contribution in [2.45, 2.75) is 18.9 Å². The van der Waals surface area contributed by atoms with Crippen LogP contribution in [0.1, 0.15) is 34.0 Å². The second-order valence-corrected chi connectivity index (χ2v) is 5.36. The third-order valence-electron chi connectivity index (χ3n) is 4.02. The molecule has 0 saturated carbocycles. The van der Waals surface area contributed by atoms with Gasteiger partial charge in [-0.15, -0.1) is 0 Å². The molecule has 0 aliphatic carbocycles. The van der Waals surface area contributed by atoms with E-state index in [1.807, 2.05) is 18.2 Å². The van der Waals surface area contributed by atoms with Gasteiger partial charge in [-0.1, -0.05) is 18.2 Å². The number of hydrogen-bond donors (Lipinski definition) is 1. The van der Waals surface area contributed by atoms with E-state index in [9.17, 15) is 4.79 Å². The molecule has 2 heterocycles. The fourth-order valence-electron chi connectivity index (χ4n) is 2.91. The summed E-state index contributed by atoms with van der Waals surface area (Å²) in [5.41, 5.74) is 2.22. The zero-order valence-corrected chi connectivity index (χ0v) is 11.7. The summed E-state index contributed by atoms with van der Waals surface area (Å²) < 4.78 is 17.0. The number of fused-ring (bicyclic) bond motifs is 3. The first kappa shape index (κ1) is 13.0. The summed E-state index contributed by atoms with van der Waals surface area (Å²) in [4.78, 5) is 11.1. The highest BCUT2D eigenvalue weighted by atomic mass is 16.7. The van der Waals surface area contributed by atoms with Crippen molar-refractivity contribution in [3.63, 3.8) is 0 Å². The molecule has 1 N–H and O–H groups in total. The first-order valence-electron chi connectivity index (χ1n) is 7.14. The molecule has 112 valence electrons. The third-order valence-corrected chi connectivity index (χ3v) is 4.02. The molecule has 1 unspecified atom stereocenters. The fourth-order valence-corrected chi connectivity index (χ4v) is 2.91. The summed E-state index contributed by atoms with van der Waals surface area (Å²) in [5, 5.41) is 9.11. The maximum Gasteiger partial charge on any atom is 0.335 e. The Kier molecular flexibility index (Phi) is 2.92. The number of benzene rings is 2. The quantitative estimate of drug-likeness (QED) is 0.922. The number of hydrogen-bond acceptors (Lipinski definition) is 4. The van der Waals surface area contributed by atoms with Crippen molar-refractivity contribution in [1.82, 2.24) is 0 Å². The average Bonchev–Trinajstić information content (AvgIpc) is 3.03. The van der Waals surface area contributed by atoms with Gasteiger partial charge in [0.2, 0.25) is 12.5 Å². The molecule has 2 aromatic carbocycles. The van der Waals surface area contributed by atoms with E-state index in [0.29, 0.717) is 17.2 Å². The van der Waals surface area contributed by atoms with Crippen LogP contribution in [-0.2, 0) is 6.42 Å². The Morgan fingerprint density at radius 3 is 2.91 bits per heavy atom. The SMILES string of the molecule is O=C(O)c1cccc(C2CCc3ccc4c(c3O2)OCO4)c1. The normalized spacial score (nSPS) is 18.5. The molecule has 22 heavy (non-hydrogen) atoms. The Balaban J connectivity index is 1.68. The van der Waals surface area contributed by atoms with Crippen LogP contribution < -0.4 is 14.2 Å². The lowest BCUT2D eigenvalue weighted by Crippen LogP contribution is -2.16. The molecule has 5 heteroatoms. The monoisotopic (exact) mass is 298 g/mol. The number of aryl methyl sites for hydroxylation is 1. The number of rotatable bonds is 2. The molecule has 2 aliphatic rings. The minimum atomic E-state index is -0.935. The van der Waals surface area contributed by atoms with Gasteiger partial charge in [-0.2, -0.15) is 0 Å². The van der Waals surface area contributed by atoms with Crippen LogP contribution in [0, 0.1) is 0 Å². The molecule has 0 fully saturated rings. The summed E-state index contributed by atoms with van der Waals surface area (Å²) in [7, 11) is 0. The average molecular weight is 298 g/mol. The van der Waals surface area contributed by atoms with Crippen LogP contribution in [0.15, 0.2) is 36.4 Å². The van der Waals surface area contributed by atoms with E-state index < -0.39 is 5.97 Å². The van der Waals surface area contributed by atoms with Gasteiger partial charge >= 0.3 is 5.97 Å². The van der Waals surface area contributed by atoms with Crippen molar-refractivity contribution in [3.05, 3.63) is 53.1 Å². The Morgan fingerprint density at radius 1 is 1.14 bits per heavy atom. The van der Waals surface area contributed by atoms with Gasteiger partial charge in [-0.3, -0.25) is 0 Å². The smallest absolute Gasteiger partial charge is 0.335 e. The Bertz CT molecular complexity index is 753. The number of carboxylic acid groups (broad SMARTS) is 1. The Morgan fingerprint density at radius 2 is 2.05 bits per heavy atom. The van der Waals surface area contributed by atoms with E-state index in [1.54, 1.807) is 18.2 Å². The lowest BCUT2D eigenvalue weighted by molar-refractivity contribution is 0.0696. The molecule has 1 atom stereocenters. The molecular weight excluding hydrogens is 284 g/mol. The van der Waals surface area contributed by atoms with E-state index in [2.05, 4.69) is 0 Å². The highest BCUT2D eigenvalue weighted by Gasteiger charge is 2.29. The van der Waals surface area contributed by atoms with Crippen LogP contribution in [0.5, 0.6) is 17.2 Å². The summed E-state index contributed by atoms with van der Waals surface area (Å²) in [6.45, 7) is 0.203. The summed E-state index contributed by atoms with van der Waals surface area (Å²) in [5.74, 6) is 1.12. The predicted octanol–water partition coefficient (Wildman–Crippen LogP) is 3.18. The zero-order valence-electron chi connectivity index (χ0n) is 11.7. The number of carbonyl (C=O) groups is 1. The Labute approximate surface area is 127 Å². The van der Waals surface area contributed by atoms with Crippen LogP contribution >= 0.6 is 0 Å². The molecule has 0 radical (unpaired) electrons. The van der Waals surface area contributed by atoms with Crippen molar-refractivity contribution in [2.24, 2.45) is 0 Å².